The van der Waals surface area contributed by atoms with Crippen molar-refractivity contribution in [3.05, 3.63) is 46.4 Å². The highest BCUT2D eigenvalue weighted by atomic mass is 32.1. The molecule has 5 heteroatoms. The monoisotopic (exact) mass is 284 g/mol. The summed E-state index contributed by atoms with van der Waals surface area (Å²) in [4.78, 5) is 16.0. The minimum atomic E-state index is 0.654. The summed E-state index contributed by atoms with van der Waals surface area (Å²) < 4.78 is 0. The van der Waals surface area contributed by atoms with Crippen LogP contribution in [0.2, 0.25) is 0 Å². The Bertz CT molecular complexity index is 749. The van der Waals surface area contributed by atoms with Crippen LogP contribution in [0.15, 0.2) is 24.4 Å². The van der Waals surface area contributed by atoms with Gasteiger partial charge < -0.3 is 5.32 Å². The van der Waals surface area contributed by atoms with E-state index in [9.17, 15) is 0 Å². The average molecular weight is 284 g/mol. The zero-order chi connectivity index (χ0) is 14.1. The Labute approximate surface area is 121 Å². The molecule has 102 valence electrons. The average Bonchev–Trinajstić information content (AvgIpc) is 2.74. The van der Waals surface area contributed by atoms with Crippen LogP contribution >= 0.6 is 11.3 Å². The van der Waals surface area contributed by atoms with Crippen LogP contribution in [0, 0.1) is 13.8 Å². The summed E-state index contributed by atoms with van der Waals surface area (Å²) in [6.45, 7) is 4.25. The summed E-state index contributed by atoms with van der Waals surface area (Å²) in [6.07, 6.45) is 2.45. The maximum absolute atomic E-state index is 4.69. The normalized spacial score (nSPS) is 10.9. The van der Waals surface area contributed by atoms with Gasteiger partial charge >= 0.3 is 0 Å². The molecular weight excluding hydrogens is 268 g/mol. The first-order chi connectivity index (χ1) is 9.69. The first-order valence-electron chi connectivity index (χ1n) is 6.53. The zero-order valence-corrected chi connectivity index (χ0v) is 12.6. The second-order valence-corrected chi connectivity index (χ2v) is 5.90. The summed E-state index contributed by atoms with van der Waals surface area (Å²) in [6, 6.07) is 5.90. The van der Waals surface area contributed by atoms with E-state index in [0.717, 1.165) is 27.6 Å². The number of nitrogens with one attached hydrogen (secondary N) is 1. The van der Waals surface area contributed by atoms with Crippen molar-refractivity contribution < 1.29 is 0 Å². The van der Waals surface area contributed by atoms with E-state index in [2.05, 4.69) is 34.1 Å². The number of thiophene rings is 1. The molecular formula is C15H16N4S. The fourth-order valence-corrected chi connectivity index (χ4v) is 3.27. The molecule has 3 rings (SSSR count). The third kappa shape index (κ3) is 2.25. The number of hydrogen-bond acceptors (Lipinski definition) is 5. The van der Waals surface area contributed by atoms with Crippen molar-refractivity contribution in [2.75, 3.05) is 12.4 Å². The summed E-state index contributed by atoms with van der Waals surface area (Å²) in [5.74, 6) is 1.71. The van der Waals surface area contributed by atoms with Crippen LogP contribution in [-0.4, -0.2) is 22.0 Å². The molecule has 20 heavy (non-hydrogen) atoms. The fourth-order valence-electron chi connectivity index (χ4n) is 2.22. The highest BCUT2D eigenvalue weighted by Gasteiger charge is 2.14. The van der Waals surface area contributed by atoms with Gasteiger partial charge in [-0.3, -0.25) is 4.98 Å². The molecule has 4 nitrogen and oxygen atoms in total. The van der Waals surface area contributed by atoms with Crippen molar-refractivity contribution >= 4 is 27.4 Å². The van der Waals surface area contributed by atoms with Crippen LogP contribution in [0.25, 0.3) is 10.2 Å². The molecule has 0 bridgehead atoms. The van der Waals surface area contributed by atoms with Crippen molar-refractivity contribution in [1.82, 2.24) is 15.0 Å². The zero-order valence-electron chi connectivity index (χ0n) is 11.8. The molecule has 0 radical (unpaired) electrons. The number of pyridine rings is 1. The summed E-state index contributed by atoms with van der Waals surface area (Å²) in [5, 5.41) is 4.32. The smallest absolute Gasteiger partial charge is 0.138 e. The number of rotatable bonds is 3. The lowest BCUT2D eigenvalue weighted by Crippen LogP contribution is -2.02. The van der Waals surface area contributed by atoms with E-state index in [0.29, 0.717) is 6.42 Å². The van der Waals surface area contributed by atoms with E-state index >= 15 is 0 Å². The van der Waals surface area contributed by atoms with Crippen molar-refractivity contribution in [3.8, 4) is 0 Å². The Morgan fingerprint density at radius 3 is 2.75 bits per heavy atom. The Hall–Kier alpha value is -2.01. The molecule has 0 unspecified atom stereocenters. The van der Waals surface area contributed by atoms with Gasteiger partial charge in [0.1, 0.15) is 16.5 Å². The predicted octanol–water partition coefficient (Wildman–Crippen LogP) is 3.34. The molecule has 3 heterocycles. The van der Waals surface area contributed by atoms with Crippen LogP contribution in [0.5, 0.6) is 0 Å². The standard InChI is InChI=1S/C15H16N4S/c1-9-10(2)20-15-13(9)14(16-3)18-12(19-15)8-11-6-4-5-7-17-11/h4-7H,8H2,1-3H3,(H,16,18,19). The number of anilines is 1. The van der Waals surface area contributed by atoms with Gasteiger partial charge in [-0.15, -0.1) is 11.3 Å². The number of aryl methyl sites for hydroxylation is 2. The predicted molar refractivity (Wildman–Crippen MR) is 83.5 cm³/mol. The molecule has 0 aromatic carbocycles. The third-order valence-electron chi connectivity index (χ3n) is 3.38. The minimum Gasteiger partial charge on any atom is -0.372 e. The van der Waals surface area contributed by atoms with Crippen molar-refractivity contribution in [2.24, 2.45) is 0 Å². The van der Waals surface area contributed by atoms with E-state index in [-0.39, 0.29) is 0 Å². The maximum Gasteiger partial charge on any atom is 0.138 e. The molecule has 3 aromatic heterocycles. The Kier molecular flexibility index (Phi) is 3.36. The quantitative estimate of drug-likeness (QED) is 0.801. The molecule has 0 amide bonds. The van der Waals surface area contributed by atoms with Crippen LogP contribution in [0.1, 0.15) is 22.0 Å². The largest absolute Gasteiger partial charge is 0.372 e. The van der Waals surface area contributed by atoms with E-state index in [1.807, 2.05) is 25.2 Å². The third-order valence-corrected chi connectivity index (χ3v) is 4.48. The molecule has 0 saturated carbocycles. The summed E-state index contributed by atoms with van der Waals surface area (Å²) >= 11 is 1.72. The Morgan fingerprint density at radius 2 is 2.05 bits per heavy atom. The van der Waals surface area contributed by atoms with Crippen molar-refractivity contribution in [1.29, 1.82) is 0 Å². The Morgan fingerprint density at radius 1 is 1.20 bits per heavy atom. The van der Waals surface area contributed by atoms with Crippen molar-refractivity contribution in [2.45, 2.75) is 20.3 Å². The lowest BCUT2D eigenvalue weighted by atomic mass is 10.2. The van der Waals surface area contributed by atoms with Crippen LogP contribution in [0.4, 0.5) is 5.82 Å². The maximum atomic E-state index is 4.69. The van der Waals surface area contributed by atoms with Gasteiger partial charge in [-0.05, 0) is 31.5 Å². The van der Waals surface area contributed by atoms with Crippen LogP contribution < -0.4 is 5.32 Å². The Balaban J connectivity index is 2.09. The second kappa shape index (κ2) is 5.17. The first-order valence-corrected chi connectivity index (χ1v) is 7.35. The van der Waals surface area contributed by atoms with Gasteiger partial charge in [-0.1, -0.05) is 6.07 Å². The highest BCUT2D eigenvalue weighted by molar-refractivity contribution is 7.18. The first kappa shape index (κ1) is 13.0. The van der Waals surface area contributed by atoms with Gasteiger partial charge in [0, 0.05) is 23.8 Å². The molecule has 0 saturated heterocycles. The number of nitrogens with zero attached hydrogens (tertiary/aromatic N) is 3. The minimum absolute atomic E-state index is 0.654. The molecule has 0 atom stereocenters. The lowest BCUT2D eigenvalue weighted by Gasteiger charge is -2.06. The molecule has 3 aromatic rings. The van der Waals surface area contributed by atoms with Crippen LogP contribution in [-0.2, 0) is 6.42 Å². The molecule has 0 aliphatic carbocycles. The molecule has 0 fully saturated rings. The van der Waals surface area contributed by atoms with E-state index in [1.165, 1.54) is 10.4 Å². The summed E-state index contributed by atoms with van der Waals surface area (Å²) in [7, 11) is 1.90. The molecule has 0 aliphatic heterocycles. The molecule has 0 spiro atoms. The van der Waals surface area contributed by atoms with Crippen LogP contribution in [0.3, 0.4) is 0 Å². The van der Waals surface area contributed by atoms with E-state index in [1.54, 1.807) is 17.5 Å². The van der Waals surface area contributed by atoms with Gasteiger partial charge in [-0.25, -0.2) is 9.97 Å². The molecule has 1 N–H and O–H groups in total. The van der Waals surface area contributed by atoms with Gasteiger partial charge in [0.25, 0.3) is 0 Å². The van der Waals surface area contributed by atoms with E-state index < -0.39 is 0 Å². The van der Waals surface area contributed by atoms with Gasteiger partial charge in [0.15, 0.2) is 0 Å². The highest BCUT2D eigenvalue weighted by Crippen LogP contribution is 2.33. The lowest BCUT2D eigenvalue weighted by molar-refractivity contribution is 0.957. The SMILES string of the molecule is CNc1nc(Cc2ccccn2)nc2sc(C)c(C)c12. The fraction of sp³-hybridized carbons (Fsp3) is 0.267. The number of aromatic nitrogens is 3. The topological polar surface area (TPSA) is 50.7 Å². The van der Waals surface area contributed by atoms with E-state index in [4.69, 9.17) is 0 Å². The van der Waals surface area contributed by atoms with Gasteiger partial charge in [0.05, 0.1) is 11.8 Å². The van der Waals surface area contributed by atoms with Gasteiger partial charge in [0.2, 0.25) is 0 Å². The number of fused-ring (bicyclic) bond motifs is 1. The number of hydrogen-bond donors (Lipinski definition) is 1. The summed E-state index contributed by atoms with van der Waals surface area (Å²) in [5.41, 5.74) is 2.25. The van der Waals surface area contributed by atoms with Crippen molar-refractivity contribution in [3.63, 3.8) is 0 Å². The second-order valence-electron chi connectivity index (χ2n) is 4.70. The molecule has 0 aliphatic rings. The van der Waals surface area contributed by atoms with Gasteiger partial charge in [-0.2, -0.15) is 0 Å².